The molecule has 8 nitrogen and oxygen atoms in total. The summed E-state index contributed by atoms with van der Waals surface area (Å²) in [7, 11) is 0. The summed E-state index contributed by atoms with van der Waals surface area (Å²) in [6.45, 7) is 19.7. The predicted molar refractivity (Wildman–Crippen MR) is 121 cm³/mol. The van der Waals surface area contributed by atoms with E-state index in [2.05, 4.69) is 17.5 Å². The highest BCUT2D eigenvalue weighted by Crippen LogP contribution is 2.66. The van der Waals surface area contributed by atoms with Crippen LogP contribution in [0.5, 0.6) is 0 Å². The summed E-state index contributed by atoms with van der Waals surface area (Å²) in [6.07, 6.45) is 6.51. The summed E-state index contributed by atoms with van der Waals surface area (Å²) in [6, 6.07) is 1.75. The van der Waals surface area contributed by atoms with Crippen molar-refractivity contribution in [3.05, 3.63) is 47.4 Å². The Morgan fingerprint density at radius 3 is 2.74 bits per heavy atom. The third-order valence-corrected chi connectivity index (χ3v) is 7.88. The molecule has 4 heterocycles. The summed E-state index contributed by atoms with van der Waals surface area (Å²) in [4.78, 5) is 31.9. The molecule has 5 rings (SSSR count). The smallest absolute Gasteiger partial charge is 0.411 e. The maximum atomic E-state index is 13.2. The number of nitrogens with zero attached hydrogens (tertiary/aromatic N) is 3. The van der Waals surface area contributed by atoms with E-state index in [1.54, 1.807) is 17.9 Å². The average Bonchev–Trinajstić information content (AvgIpc) is 3.38. The monoisotopic (exact) mass is 463 g/mol. The largest absolute Gasteiger partial charge is 0.463 e. The van der Waals surface area contributed by atoms with Crippen molar-refractivity contribution in [2.24, 2.45) is 11.8 Å². The van der Waals surface area contributed by atoms with Gasteiger partial charge in [0.2, 0.25) is 5.60 Å². The minimum absolute atomic E-state index is 0.107. The molecule has 0 N–H and O–H groups in total. The van der Waals surface area contributed by atoms with Crippen molar-refractivity contribution in [1.29, 1.82) is 5.26 Å². The maximum Gasteiger partial charge on any atom is 0.411 e. The molecule has 0 aromatic heterocycles. The van der Waals surface area contributed by atoms with Gasteiger partial charge in [-0.1, -0.05) is 18.7 Å². The van der Waals surface area contributed by atoms with Crippen LogP contribution in [-0.2, 0) is 19.0 Å². The average molecular weight is 464 g/mol. The zero-order chi connectivity index (χ0) is 24.7. The lowest BCUT2D eigenvalue weighted by Gasteiger charge is -2.51. The molecule has 4 bridgehead atoms. The van der Waals surface area contributed by atoms with Crippen molar-refractivity contribution >= 4 is 12.1 Å². The Kier molecular flexibility index (Phi) is 4.64. The van der Waals surface area contributed by atoms with Gasteiger partial charge in [-0.3, -0.25) is 9.74 Å². The van der Waals surface area contributed by atoms with Crippen molar-refractivity contribution in [1.82, 2.24) is 4.90 Å². The summed E-state index contributed by atoms with van der Waals surface area (Å²) < 4.78 is 17.5. The van der Waals surface area contributed by atoms with Gasteiger partial charge in [0.15, 0.2) is 6.07 Å². The third-order valence-electron chi connectivity index (χ3n) is 7.88. The van der Waals surface area contributed by atoms with E-state index < -0.39 is 34.4 Å². The first-order valence-electron chi connectivity index (χ1n) is 11.8. The zero-order valence-electron chi connectivity index (χ0n) is 20.0. The minimum Gasteiger partial charge on any atom is -0.463 e. The predicted octanol–water partition coefficient (Wildman–Crippen LogP) is 3.71. The number of hydrogen-bond donors (Lipinski definition) is 0. The molecule has 2 saturated heterocycles. The second-order valence-corrected chi connectivity index (χ2v) is 10.9. The standard InChI is InChI=1S/C26H29N3O5/c1-7-32-21(30)26-11-10-25(34-26)13-24(14-27,28-6)17-12-16-8-9-18(19(17)20(25)15(26)2)29(16)22(31)33-23(3,4)5/h10-12,16,18-20H,2,7-9,13H2,1,3-5H3/t16?,18?,19-,20+,24?,25?,26?/m1/s1. The first-order chi connectivity index (χ1) is 16.0. The molecule has 1 amide bonds. The van der Waals surface area contributed by atoms with Gasteiger partial charge in [-0.2, -0.15) is 5.26 Å². The van der Waals surface area contributed by atoms with Gasteiger partial charge in [-0.15, -0.1) is 0 Å². The number of carbonyl (C=O) groups excluding carboxylic acids is 2. The van der Waals surface area contributed by atoms with E-state index >= 15 is 0 Å². The van der Waals surface area contributed by atoms with Crippen LogP contribution >= 0.6 is 0 Å². The SMILES string of the molecule is [C-]#[N+]C1(C#N)CC23C=CC(C(=O)OCC)(O2)C(=C)[C@H]3[C@@H]2C1=CC1CCC2N1C(=O)OC(C)(C)C. The number of hydrogen-bond acceptors (Lipinski definition) is 6. The quantitative estimate of drug-likeness (QED) is 0.352. The van der Waals surface area contributed by atoms with Crippen LogP contribution < -0.4 is 0 Å². The summed E-state index contributed by atoms with van der Waals surface area (Å²) in [5.41, 5.74) is -3.29. The maximum absolute atomic E-state index is 13.2. The van der Waals surface area contributed by atoms with E-state index in [4.69, 9.17) is 20.8 Å². The first kappa shape index (κ1) is 22.7. The highest BCUT2D eigenvalue weighted by atomic mass is 16.6. The number of esters is 1. The Labute approximate surface area is 199 Å². The van der Waals surface area contributed by atoms with Gasteiger partial charge < -0.3 is 14.2 Å². The molecule has 7 atom stereocenters. The Morgan fingerprint density at radius 2 is 2.12 bits per heavy atom. The fraction of sp³-hybridized carbons (Fsp3) is 0.615. The van der Waals surface area contributed by atoms with E-state index in [0.717, 1.165) is 12.0 Å². The van der Waals surface area contributed by atoms with E-state index in [0.29, 0.717) is 12.0 Å². The third kappa shape index (κ3) is 2.72. The Hall–Kier alpha value is -3.10. The van der Waals surface area contributed by atoms with Gasteiger partial charge >= 0.3 is 17.6 Å². The highest BCUT2D eigenvalue weighted by molar-refractivity contribution is 5.89. The molecule has 0 aromatic carbocycles. The molecule has 178 valence electrons. The second kappa shape index (κ2) is 6.96. The van der Waals surface area contributed by atoms with E-state index in [1.165, 1.54) is 0 Å². The molecule has 34 heavy (non-hydrogen) atoms. The Morgan fingerprint density at radius 1 is 1.38 bits per heavy atom. The number of amides is 1. The van der Waals surface area contributed by atoms with Gasteiger partial charge in [-0.05, 0) is 52.2 Å². The Balaban J connectivity index is 1.64. The van der Waals surface area contributed by atoms with E-state index in [-0.39, 0.29) is 36.9 Å². The van der Waals surface area contributed by atoms with Gasteiger partial charge in [0.25, 0.3) is 0 Å². The molecule has 5 unspecified atom stereocenters. The summed E-state index contributed by atoms with van der Waals surface area (Å²) in [5.74, 6) is -1.30. The summed E-state index contributed by atoms with van der Waals surface area (Å²) in [5, 5.41) is 10.3. The van der Waals surface area contributed by atoms with Crippen LogP contribution in [0.1, 0.15) is 47.0 Å². The van der Waals surface area contributed by atoms with Crippen LogP contribution in [0, 0.1) is 29.7 Å². The molecule has 0 radical (unpaired) electrons. The number of nitriles is 1. The second-order valence-electron chi connectivity index (χ2n) is 10.9. The fourth-order valence-electron chi connectivity index (χ4n) is 6.74. The molecule has 1 spiro atoms. The van der Waals surface area contributed by atoms with Crippen molar-refractivity contribution in [2.45, 2.75) is 81.4 Å². The minimum atomic E-state index is -1.44. The molecule has 0 aromatic rings. The molecule has 4 aliphatic heterocycles. The molecular weight excluding hydrogens is 434 g/mol. The molecule has 8 heteroatoms. The lowest BCUT2D eigenvalue weighted by atomic mass is 9.54. The van der Waals surface area contributed by atoms with Gasteiger partial charge in [0.1, 0.15) is 11.2 Å². The van der Waals surface area contributed by atoms with Crippen LogP contribution in [0.4, 0.5) is 4.79 Å². The van der Waals surface area contributed by atoms with Crippen molar-refractivity contribution in [2.75, 3.05) is 6.61 Å². The molecule has 3 fully saturated rings. The number of ether oxygens (including phenoxy) is 3. The first-order valence-corrected chi connectivity index (χ1v) is 11.8. The van der Waals surface area contributed by atoms with Crippen molar-refractivity contribution < 1.29 is 23.8 Å². The normalized spacial score (nSPS) is 41.2. The van der Waals surface area contributed by atoms with Crippen LogP contribution in [0.3, 0.4) is 0 Å². The number of rotatable bonds is 2. The summed E-state index contributed by atoms with van der Waals surface area (Å²) >= 11 is 0. The Bertz CT molecular complexity index is 1120. The fourth-order valence-corrected chi connectivity index (χ4v) is 6.74. The lowest BCUT2D eigenvalue weighted by molar-refractivity contribution is -0.165. The van der Waals surface area contributed by atoms with Crippen LogP contribution in [0.15, 0.2) is 36.0 Å². The van der Waals surface area contributed by atoms with Crippen molar-refractivity contribution in [3.8, 4) is 6.07 Å². The number of fused-ring (bicyclic) bond motifs is 6. The molecule has 1 saturated carbocycles. The van der Waals surface area contributed by atoms with Crippen LogP contribution in [-0.4, -0.2) is 58.0 Å². The lowest BCUT2D eigenvalue weighted by Crippen LogP contribution is -2.61. The molecular formula is C26H29N3O5. The van der Waals surface area contributed by atoms with Gasteiger partial charge in [0.05, 0.1) is 19.1 Å². The number of carbonyl (C=O) groups is 2. The highest BCUT2D eigenvalue weighted by Gasteiger charge is 2.75. The molecule has 5 aliphatic rings. The topological polar surface area (TPSA) is 93.2 Å². The van der Waals surface area contributed by atoms with Crippen molar-refractivity contribution in [3.63, 3.8) is 0 Å². The van der Waals surface area contributed by atoms with E-state index in [9.17, 15) is 14.9 Å². The van der Waals surface area contributed by atoms with Gasteiger partial charge in [-0.25, -0.2) is 16.2 Å². The van der Waals surface area contributed by atoms with Crippen LogP contribution in [0.25, 0.3) is 4.85 Å². The van der Waals surface area contributed by atoms with Gasteiger partial charge in [0, 0.05) is 23.5 Å². The van der Waals surface area contributed by atoms with Crippen LogP contribution in [0.2, 0.25) is 0 Å². The molecule has 1 aliphatic carbocycles. The van der Waals surface area contributed by atoms with E-state index in [1.807, 2.05) is 32.9 Å². The zero-order valence-corrected chi connectivity index (χ0v) is 20.0.